The van der Waals surface area contributed by atoms with E-state index in [9.17, 15) is 18.0 Å². The molecule has 0 aromatic heterocycles. The van der Waals surface area contributed by atoms with Crippen LogP contribution < -0.4 is 5.32 Å². The Hall–Kier alpha value is -2.71. The summed E-state index contributed by atoms with van der Waals surface area (Å²) in [5.74, 6) is -0.605. The number of hydrogen-bond donors (Lipinski definition) is 1. The number of nitrogens with one attached hydrogen (secondary N) is 1. The van der Waals surface area contributed by atoms with Crippen molar-refractivity contribution in [1.29, 1.82) is 0 Å². The highest BCUT2D eigenvalue weighted by Gasteiger charge is 2.40. The lowest BCUT2D eigenvalue weighted by Crippen LogP contribution is -2.61. The van der Waals surface area contributed by atoms with E-state index in [0.29, 0.717) is 0 Å². The summed E-state index contributed by atoms with van der Waals surface area (Å²) in [6.07, 6.45) is 0. The van der Waals surface area contributed by atoms with Gasteiger partial charge >= 0.3 is 0 Å². The van der Waals surface area contributed by atoms with E-state index >= 15 is 0 Å². The van der Waals surface area contributed by atoms with Crippen molar-refractivity contribution >= 4 is 21.8 Å². The molecule has 0 spiro atoms. The molecule has 1 aliphatic heterocycles. The Kier molecular flexibility index (Phi) is 6.11. The van der Waals surface area contributed by atoms with E-state index in [0.717, 1.165) is 5.56 Å². The minimum Gasteiger partial charge on any atom is -0.351 e. The van der Waals surface area contributed by atoms with Crippen molar-refractivity contribution < 1.29 is 18.0 Å². The number of piperazine rings is 1. The first-order valence-electron chi connectivity index (χ1n) is 9.03. The molecule has 1 unspecified atom stereocenters. The maximum atomic E-state index is 13.1. The lowest BCUT2D eigenvalue weighted by atomic mass is 10.1. The number of carbonyl (C=O) groups is 2. The molecule has 1 N–H and O–H groups in total. The number of hydrogen-bond acceptors (Lipinski definition) is 4. The van der Waals surface area contributed by atoms with Crippen molar-refractivity contribution in [3.05, 3.63) is 66.2 Å². The van der Waals surface area contributed by atoms with Crippen LogP contribution in [0.15, 0.2) is 65.6 Å². The molecule has 3 rings (SSSR count). The summed E-state index contributed by atoms with van der Waals surface area (Å²) in [4.78, 5) is 26.3. The number of benzene rings is 2. The van der Waals surface area contributed by atoms with E-state index in [1.807, 2.05) is 30.3 Å². The van der Waals surface area contributed by atoms with Crippen LogP contribution in [0.5, 0.6) is 0 Å². The highest BCUT2D eigenvalue weighted by Crippen LogP contribution is 2.22. The molecule has 1 atom stereocenters. The van der Waals surface area contributed by atoms with Crippen LogP contribution >= 0.6 is 0 Å². The second-order valence-electron chi connectivity index (χ2n) is 6.61. The van der Waals surface area contributed by atoms with Crippen LogP contribution in [0.4, 0.5) is 0 Å². The number of sulfonamides is 1. The molecular formula is C20H23N3O4S. The van der Waals surface area contributed by atoms with E-state index in [2.05, 4.69) is 5.32 Å². The predicted molar refractivity (Wildman–Crippen MR) is 105 cm³/mol. The molecule has 2 aromatic carbocycles. The predicted octanol–water partition coefficient (Wildman–Crippen LogP) is 1.22. The number of carbonyl (C=O) groups excluding carboxylic acids is 2. The lowest BCUT2D eigenvalue weighted by Gasteiger charge is -2.39. The first kappa shape index (κ1) is 20.0. The molecule has 8 heteroatoms. The first-order chi connectivity index (χ1) is 13.4. The third kappa shape index (κ3) is 4.40. The number of amides is 2. The van der Waals surface area contributed by atoms with Crippen molar-refractivity contribution in [2.24, 2.45) is 0 Å². The van der Waals surface area contributed by atoms with Crippen LogP contribution in [0, 0.1) is 0 Å². The molecule has 2 amide bonds. The summed E-state index contributed by atoms with van der Waals surface area (Å²) < 4.78 is 27.4. The van der Waals surface area contributed by atoms with Crippen LogP contribution in [0.2, 0.25) is 0 Å². The standard InChI is InChI=1S/C20H23N3O4S/c1-16(24)22-12-13-23(28(26,27)18-10-6-3-7-11-18)19(15-22)20(25)21-14-17-8-4-2-5-9-17/h2-11,19H,12-15H2,1H3,(H,21,25). The maximum Gasteiger partial charge on any atom is 0.243 e. The molecule has 1 fully saturated rings. The molecule has 0 bridgehead atoms. The Bertz CT molecular complexity index is 932. The minimum atomic E-state index is -3.85. The fourth-order valence-corrected chi connectivity index (χ4v) is 4.78. The van der Waals surface area contributed by atoms with E-state index in [1.54, 1.807) is 18.2 Å². The van der Waals surface area contributed by atoms with Gasteiger partial charge in [0.1, 0.15) is 6.04 Å². The fourth-order valence-electron chi connectivity index (χ4n) is 3.18. The third-order valence-corrected chi connectivity index (χ3v) is 6.66. The average molecular weight is 401 g/mol. The Labute approximate surface area is 165 Å². The second kappa shape index (κ2) is 8.53. The average Bonchev–Trinajstić information content (AvgIpc) is 2.73. The summed E-state index contributed by atoms with van der Waals surface area (Å²) in [6, 6.07) is 16.4. The van der Waals surface area contributed by atoms with Crippen molar-refractivity contribution in [2.45, 2.75) is 24.4 Å². The summed E-state index contributed by atoms with van der Waals surface area (Å²) in [7, 11) is -3.85. The zero-order valence-electron chi connectivity index (χ0n) is 15.6. The topological polar surface area (TPSA) is 86.8 Å². The Balaban J connectivity index is 1.83. The Morgan fingerprint density at radius 3 is 2.21 bits per heavy atom. The molecule has 1 saturated heterocycles. The number of rotatable bonds is 5. The maximum absolute atomic E-state index is 13.1. The number of nitrogens with zero attached hydrogens (tertiary/aromatic N) is 2. The van der Waals surface area contributed by atoms with Gasteiger partial charge in [-0.05, 0) is 17.7 Å². The van der Waals surface area contributed by atoms with Gasteiger partial charge < -0.3 is 10.2 Å². The van der Waals surface area contributed by atoms with E-state index in [4.69, 9.17) is 0 Å². The third-order valence-electron chi connectivity index (χ3n) is 4.74. The quantitative estimate of drug-likeness (QED) is 0.816. The second-order valence-corrected chi connectivity index (χ2v) is 8.50. The monoisotopic (exact) mass is 401 g/mol. The van der Waals surface area contributed by atoms with Crippen LogP contribution in [-0.4, -0.2) is 55.1 Å². The SMILES string of the molecule is CC(=O)N1CCN(S(=O)(=O)c2ccccc2)C(C(=O)NCc2ccccc2)C1. The minimum absolute atomic E-state index is 0.0298. The Morgan fingerprint density at radius 1 is 1.00 bits per heavy atom. The summed E-state index contributed by atoms with van der Waals surface area (Å²) in [5, 5.41) is 2.80. The molecule has 0 saturated carbocycles. The van der Waals surface area contributed by atoms with Crippen molar-refractivity contribution in [3.8, 4) is 0 Å². The van der Waals surface area contributed by atoms with Gasteiger partial charge in [-0.15, -0.1) is 0 Å². The molecule has 148 valence electrons. The molecule has 1 aliphatic rings. The first-order valence-corrected chi connectivity index (χ1v) is 10.5. The van der Waals surface area contributed by atoms with Crippen LogP contribution in [-0.2, 0) is 26.2 Å². The van der Waals surface area contributed by atoms with Crippen molar-refractivity contribution in [1.82, 2.24) is 14.5 Å². The van der Waals surface area contributed by atoms with Gasteiger partial charge in [-0.25, -0.2) is 8.42 Å². The highest BCUT2D eigenvalue weighted by atomic mass is 32.2. The van der Waals surface area contributed by atoms with E-state index < -0.39 is 22.0 Å². The summed E-state index contributed by atoms with van der Waals surface area (Å²) in [5.41, 5.74) is 0.910. The summed E-state index contributed by atoms with van der Waals surface area (Å²) >= 11 is 0. The van der Waals surface area contributed by atoms with Crippen molar-refractivity contribution in [3.63, 3.8) is 0 Å². The lowest BCUT2D eigenvalue weighted by molar-refractivity contribution is -0.134. The largest absolute Gasteiger partial charge is 0.351 e. The highest BCUT2D eigenvalue weighted by molar-refractivity contribution is 7.89. The van der Waals surface area contributed by atoms with Gasteiger partial charge in [0.25, 0.3) is 0 Å². The van der Waals surface area contributed by atoms with Gasteiger partial charge in [0.2, 0.25) is 21.8 Å². The fraction of sp³-hybridized carbons (Fsp3) is 0.300. The smallest absolute Gasteiger partial charge is 0.243 e. The normalized spacial score (nSPS) is 17.9. The zero-order chi connectivity index (χ0) is 20.1. The molecule has 28 heavy (non-hydrogen) atoms. The van der Waals surface area contributed by atoms with Crippen LogP contribution in [0.3, 0.4) is 0 Å². The molecule has 7 nitrogen and oxygen atoms in total. The van der Waals surface area contributed by atoms with E-state index in [-0.39, 0.29) is 37.0 Å². The van der Waals surface area contributed by atoms with Crippen LogP contribution in [0.1, 0.15) is 12.5 Å². The van der Waals surface area contributed by atoms with Gasteiger partial charge in [0, 0.05) is 33.1 Å². The van der Waals surface area contributed by atoms with Crippen molar-refractivity contribution in [2.75, 3.05) is 19.6 Å². The van der Waals surface area contributed by atoms with Gasteiger partial charge in [0.15, 0.2) is 0 Å². The van der Waals surface area contributed by atoms with Gasteiger partial charge in [-0.3, -0.25) is 9.59 Å². The zero-order valence-corrected chi connectivity index (χ0v) is 16.4. The molecule has 0 radical (unpaired) electrons. The Morgan fingerprint density at radius 2 is 1.61 bits per heavy atom. The van der Waals surface area contributed by atoms with Gasteiger partial charge in [0.05, 0.1) is 4.90 Å². The van der Waals surface area contributed by atoms with Gasteiger partial charge in [-0.2, -0.15) is 4.31 Å². The molecule has 1 heterocycles. The molecular weight excluding hydrogens is 378 g/mol. The molecule has 2 aromatic rings. The van der Waals surface area contributed by atoms with Crippen LogP contribution in [0.25, 0.3) is 0 Å². The van der Waals surface area contributed by atoms with E-state index in [1.165, 1.54) is 28.3 Å². The van der Waals surface area contributed by atoms with Gasteiger partial charge in [-0.1, -0.05) is 48.5 Å². The summed E-state index contributed by atoms with van der Waals surface area (Å²) in [6.45, 7) is 2.06. The molecule has 0 aliphatic carbocycles.